The summed E-state index contributed by atoms with van der Waals surface area (Å²) in [4.78, 5) is 9.44. The lowest BCUT2D eigenvalue weighted by Gasteiger charge is -2.16. The van der Waals surface area contributed by atoms with Crippen LogP contribution in [0.25, 0.3) is 11.4 Å². The Morgan fingerprint density at radius 3 is 2.90 bits per heavy atom. The molecule has 1 atom stereocenters. The van der Waals surface area contributed by atoms with Crippen LogP contribution in [-0.4, -0.2) is 17.0 Å². The van der Waals surface area contributed by atoms with E-state index in [9.17, 15) is 0 Å². The normalized spacial score (nSPS) is 18.1. The van der Waals surface area contributed by atoms with Gasteiger partial charge in [-0.05, 0) is 44.9 Å². The van der Waals surface area contributed by atoms with E-state index in [4.69, 9.17) is 4.98 Å². The van der Waals surface area contributed by atoms with Gasteiger partial charge in [0.2, 0.25) is 0 Å². The second-order valence-electron chi connectivity index (χ2n) is 5.65. The maximum absolute atomic E-state index is 4.84. The van der Waals surface area contributed by atoms with Crippen molar-refractivity contribution in [2.24, 2.45) is 0 Å². The van der Waals surface area contributed by atoms with Crippen LogP contribution in [0.2, 0.25) is 0 Å². The van der Waals surface area contributed by atoms with E-state index >= 15 is 0 Å². The van der Waals surface area contributed by atoms with Crippen molar-refractivity contribution >= 4 is 15.9 Å². The van der Waals surface area contributed by atoms with Crippen LogP contribution >= 0.6 is 15.9 Å². The van der Waals surface area contributed by atoms with Crippen LogP contribution in [0.3, 0.4) is 0 Å². The average Bonchev–Trinajstić information content (AvgIpc) is 2.71. The van der Waals surface area contributed by atoms with Crippen LogP contribution in [0, 0.1) is 6.92 Å². The van der Waals surface area contributed by atoms with Crippen LogP contribution in [-0.2, 0) is 6.42 Å². The molecule has 21 heavy (non-hydrogen) atoms. The molecule has 1 N–H and O–H groups in total. The van der Waals surface area contributed by atoms with Gasteiger partial charge in [0.25, 0.3) is 0 Å². The second kappa shape index (κ2) is 6.24. The molecular weight excluding hydrogens is 326 g/mol. The summed E-state index contributed by atoms with van der Waals surface area (Å²) in [5.74, 6) is 0.825. The van der Waals surface area contributed by atoms with Gasteiger partial charge in [-0.2, -0.15) is 0 Å². The zero-order valence-electron chi connectivity index (χ0n) is 12.5. The summed E-state index contributed by atoms with van der Waals surface area (Å²) in [5.41, 5.74) is 4.77. The lowest BCUT2D eigenvalue weighted by molar-refractivity contribution is 0.532. The van der Waals surface area contributed by atoms with Gasteiger partial charge in [-0.25, -0.2) is 9.97 Å². The summed E-state index contributed by atoms with van der Waals surface area (Å²) in [6.07, 6.45) is 6.68. The van der Waals surface area contributed by atoms with Crippen LogP contribution in [0.4, 0.5) is 0 Å². The lowest BCUT2D eigenvalue weighted by atomic mass is 10.0. The Bertz CT molecular complexity index is 654. The number of hydrogen-bond acceptors (Lipinski definition) is 3. The van der Waals surface area contributed by atoms with Gasteiger partial charge in [0.1, 0.15) is 0 Å². The highest BCUT2D eigenvalue weighted by Crippen LogP contribution is 2.29. The van der Waals surface area contributed by atoms with E-state index in [1.165, 1.54) is 36.1 Å². The van der Waals surface area contributed by atoms with Crippen molar-refractivity contribution in [1.82, 2.24) is 15.3 Å². The summed E-state index contributed by atoms with van der Waals surface area (Å²) in [5, 5.41) is 3.39. The minimum atomic E-state index is 0.390. The summed E-state index contributed by atoms with van der Waals surface area (Å²) in [6, 6.07) is 6.68. The maximum Gasteiger partial charge on any atom is 0.159 e. The van der Waals surface area contributed by atoms with Crippen molar-refractivity contribution in [1.29, 1.82) is 0 Å². The number of aryl methyl sites for hydroxylation is 2. The molecule has 110 valence electrons. The third kappa shape index (κ3) is 3.01. The van der Waals surface area contributed by atoms with Crippen LogP contribution in [0.15, 0.2) is 28.9 Å². The molecule has 4 heteroatoms. The Kier molecular flexibility index (Phi) is 4.36. The van der Waals surface area contributed by atoms with Crippen molar-refractivity contribution in [3.63, 3.8) is 0 Å². The molecule has 0 aliphatic heterocycles. The molecule has 0 spiro atoms. The third-order valence-electron chi connectivity index (χ3n) is 4.21. The van der Waals surface area contributed by atoms with Gasteiger partial charge in [0.15, 0.2) is 5.82 Å². The molecule has 1 aliphatic rings. The standard InChI is InChI=1S/C17H20BrN3/c1-11-7-8-12(9-14(11)18)17-20-10-13-15(19-2)5-3-4-6-16(13)21-17/h7-10,15,19H,3-6H2,1-2H3. The fourth-order valence-electron chi connectivity index (χ4n) is 2.89. The first-order chi connectivity index (χ1) is 10.2. The van der Waals surface area contributed by atoms with E-state index in [0.717, 1.165) is 22.3 Å². The van der Waals surface area contributed by atoms with Gasteiger partial charge in [0.05, 0.1) is 0 Å². The number of hydrogen-bond donors (Lipinski definition) is 1. The largest absolute Gasteiger partial charge is 0.313 e. The number of rotatable bonds is 2. The van der Waals surface area contributed by atoms with Crippen molar-refractivity contribution in [3.8, 4) is 11.4 Å². The van der Waals surface area contributed by atoms with Gasteiger partial charge < -0.3 is 5.32 Å². The van der Waals surface area contributed by atoms with Gasteiger partial charge in [-0.15, -0.1) is 0 Å². The molecule has 0 fully saturated rings. The summed E-state index contributed by atoms with van der Waals surface area (Å²) >= 11 is 3.59. The highest BCUT2D eigenvalue weighted by atomic mass is 79.9. The minimum absolute atomic E-state index is 0.390. The molecule has 0 radical (unpaired) electrons. The quantitative estimate of drug-likeness (QED) is 0.828. The molecule has 0 saturated heterocycles. The highest BCUT2D eigenvalue weighted by molar-refractivity contribution is 9.10. The van der Waals surface area contributed by atoms with Crippen molar-refractivity contribution in [3.05, 3.63) is 45.7 Å². The fraction of sp³-hybridized carbons (Fsp3) is 0.412. The number of benzene rings is 1. The minimum Gasteiger partial charge on any atom is -0.313 e. The Morgan fingerprint density at radius 1 is 1.29 bits per heavy atom. The van der Waals surface area contributed by atoms with E-state index in [-0.39, 0.29) is 0 Å². The first-order valence-electron chi connectivity index (χ1n) is 7.48. The Balaban J connectivity index is 2.02. The summed E-state index contributed by atoms with van der Waals surface area (Å²) < 4.78 is 1.10. The average molecular weight is 346 g/mol. The fourth-order valence-corrected chi connectivity index (χ4v) is 3.26. The van der Waals surface area contributed by atoms with E-state index in [1.54, 1.807) is 0 Å². The van der Waals surface area contributed by atoms with Crippen molar-refractivity contribution < 1.29 is 0 Å². The monoisotopic (exact) mass is 345 g/mol. The molecule has 1 aliphatic carbocycles. The highest BCUT2D eigenvalue weighted by Gasteiger charge is 2.19. The predicted octanol–water partition coefficient (Wildman–Crippen LogP) is 4.20. The molecule has 3 nitrogen and oxygen atoms in total. The molecule has 0 bridgehead atoms. The molecule has 3 rings (SSSR count). The molecular formula is C17H20BrN3. The lowest BCUT2D eigenvalue weighted by Crippen LogP contribution is -2.17. The first-order valence-corrected chi connectivity index (χ1v) is 8.28. The summed E-state index contributed by atoms with van der Waals surface area (Å²) in [6.45, 7) is 2.09. The van der Waals surface area contributed by atoms with E-state index < -0.39 is 0 Å². The maximum atomic E-state index is 4.84. The third-order valence-corrected chi connectivity index (χ3v) is 5.06. The molecule has 0 saturated carbocycles. The van der Waals surface area contributed by atoms with Gasteiger partial charge in [-0.3, -0.25) is 0 Å². The Labute approximate surface area is 134 Å². The van der Waals surface area contributed by atoms with E-state index in [0.29, 0.717) is 6.04 Å². The Hall–Kier alpha value is -1.26. The summed E-state index contributed by atoms with van der Waals surface area (Å²) in [7, 11) is 2.02. The molecule has 1 aromatic carbocycles. The predicted molar refractivity (Wildman–Crippen MR) is 89.3 cm³/mol. The van der Waals surface area contributed by atoms with Crippen molar-refractivity contribution in [2.45, 2.75) is 38.6 Å². The van der Waals surface area contributed by atoms with Gasteiger partial charge >= 0.3 is 0 Å². The molecule has 1 aromatic heterocycles. The second-order valence-corrected chi connectivity index (χ2v) is 6.50. The first kappa shape index (κ1) is 14.7. The SMILES string of the molecule is CNC1CCCCc2nc(-c3ccc(C)c(Br)c3)ncc21. The van der Waals surface area contributed by atoms with Crippen molar-refractivity contribution in [2.75, 3.05) is 7.05 Å². The van der Waals surface area contributed by atoms with Gasteiger partial charge in [0, 0.05) is 33.5 Å². The molecule has 2 aromatic rings. The molecule has 0 amide bonds. The zero-order chi connectivity index (χ0) is 14.8. The van der Waals surface area contributed by atoms with E-state index in [1.807, 2.05) is 13.2 Å². The number of fused-ring (bicyclic) bond motifs is 1. The number of halogens is 1. The van der Waals surface area contributed by atoms with Gasteiger partial charge in [-0.1, -0.05) is 34.5 Å². The molecule has 1 heterocycles. The zero-order valence-corrected chi connectivity index (χ0v) is 14.1. The number of nitrogens with one attached hydrogen (secondary N) is 1. The van der Waals surface area contributed by atoms with E-state index in [2.05, 4.69) is 51.4 Å². The smallest absolute Gasteiger partial charge is 0.159 e. The van der Waals surface area contributed by atoms with Crippen LogP contribution in [0.1, 0.15) is 42.1 Å². The topological polar surface area (TPSA) is 37.8 Å². The Morgan fingerprint density at radius 2 is 2.14 bits per heavy atom. The molecule has 1 unspecified atom stereocenters. The number of aromatic nitrogens is 2. The van der Waals surface area contributed by atoms with Crippen LogP contribution < -0.4 is 5.32 Å². The number of nitrogens with zero attached hydrogens (tertiary/aromatic N) is 2. The van der Waals surface area contributed by atoms with Crippen LogP contribution in [0.5, 0.6) is 0 Å².